The van der Waals surface area contributed by atoms with Gasteiger partial charge in [-0.05, 0) is 19.3 Å². The van der Waals surface area contributed by atoms with Crippen LogP contribution < -0.4 is 0 Å². The van der Waals surface area contributed by atoms with Crippen LogP contribution in [0.1, 0.15) is 122 Å². The van der Waals surface area contributed by atoms with Gasteiger partial charge < -0.3 is 14.3 Å². The highest BCUT2D eigenvalue weighted by atomic mass is 31.2. The molecule has 1 aliphatic carbocycles. The fraction of sp³-hybridized carbons (Fsp3) is 1.00. The predicted molar refractivity (Wildman–Crippen MR) is 131 cm³/mol. The van der Waals surface area contributed by atoms with Crippen molar-refractivity contribution >= 4 is 7.82 Å². The quantitative estimate of drug-likeness (QED) is 0.121. The third-order valence-electron chi connectivity index (χ3n) is 6.69. The molecule has 1 aliphatic rings. The smallest absolute Gasteiger partial charge is 0.329 e. The predicted octanol–water partition coefficient (Wildman–Crippen LogP) is 7.21. The van der Waals surface area contributed by atoms with Gasteiger partial charge in [0.2, 0.25) is 0 Å². The Hall–Kier alpha value is 0.0700. The van der Waals surface area contributed by atoms with Crippen LogP contribution in [0.3, 0.4) is 0 Å². The zero-order valence-electron chi connectivity index (χ0n) is 21.1. The zero-order chi connectivity index (χ0) is 23.2. The van der Waals surface area contributed by atoms with Gasteiger partial charge in [-0.1, -0.05) is 109 Å². The molecule has 0 aromatic rings. The molecule has 0 spiro atoms. The van der Waals surface area contributed by atoms with Crippen LogP contribution in [-0.4, -0.2) is 47.6 Å². The van der Waals surface area contributed by atoms with E-state index in [-0.39, 0.29) is 0 Å². The second kappa shape index (κ2) is 15.1. The van der Waals surface area contributed by atoms with E-state index >= 15 is 0 Å². The van der Waals surface area contributed by atoms with Crippen LogP contribution in [0.2, 0.25) is 0 Å². The molecule has 0 aromatic heterocycles. The Balaban J connectivity index is 1.96. The number of nitrogens with zero attached hydrogens (tertiary/aromatic N) is 1. The molecule has 0 heterocycles. The summed E-state index contributed by atoms with van der Waals surface area (Å²) in [6, 6.07) is 0. The molecule has 1 unspecified atom stereocenters. The molecule has 0 aromatic carbocycles. The lowest BCUT2D eigenvalue weighted by atomic mass is 9.96. The highest BCUT2D eigenvalue weighted by Gasteiger charge is 2.37. The SMILES string of the molecule is CC(CCCCCCCCCCCCCCC1CCCC1)(C[N+](C)(C)C)OP(=O)(O)O. The summed E-state index contributed by atoms with van der Waals surface area (Å²) < 4.78 is 17.2. The Morgan fingerprint density at radius 2 is 1.23 bits per heavy atom. The fourth-order valence-corrected chi connectivity index (χ4v) is 6.17. The van der Waals surface area contributed by atoms with Crippen molar-refractivity contribution < 1.29 is 23.4 Å². The lowest BCUT2D eigenvalue weighted by molar-refractivity contribution is -0.876. The largest absolute Gasteiger partial charge is 0.470 e. The van der Waals surface area contributed by atoms with Crippen molar-refractivity contribution in [3.05, 3.63) is 0 Å². The molecule has 1 atom stereocenters. The van der Waals surface area contributed by atoms with Crippen LogP contribution in [0.25, 0.3) is 0 Å². The molecule has 0 bridgehead atoms. The van der Waals surface area contributed by atoms with Crippen LogP contribution in [-0.2, 0) is 9.09 Å². The maximum absolute atomic E-state index is 11.4. The topological polar surface area (TPSA) is 66.8 Å². The van der Waals surface area contributed by atoms with Crippen molar-refractivity contribution in [2.24, 2.45) is 5.92 Å². The summed E-state index contributed by atoms with van der Waals surface area (Å²) in [5.74, 6) is 1.06. The number of hydrogen-bond acceptors (Lipinski definition) is 2. The Bertz CT molecular complexity index is 496. The first kappa shape index (κ1) is 29.1. The molecule has 1 saturated carbocycles. The van der Waals surface area contributed by atoms with Crippen molar-refractivity contribution in [2.45, 2.75) is 128 Å². The van der Waals surface area contributed by atoms with Crippen LogP contribution in [0.5, 0.6) is 0 Å². The molecule has 1 rings (SSSR count). The third kappa shape index (κ3) is 17.2. The number of unbranched alkanes of at least 4 members (excludes halogenated alkanes) is 11. The van der Waals surface area contributed by atoms with Crippen LogP contribution in [0.4, 0.5) is 0 Å². The summed E-state index contributed by atoms with van der Waals surface area (Å²) in [7, 11) is 1.60. The molecule has 5 nitrogen and oxygen atoms in total. The lowest BCUT2D eigenvalue weighted by Crippen LogP contribution is -2.48. The Kier molecular flexibility index (Phi) is 14.1. The summed E-state index contributed by atoms with van der Waals surface area (Å²) in [6.45, 7) is 2.42. The summed E-state index contributed by atoms with van der Waals surface area (Å²) in [6.07, 6.45) is 23.8. The van der Waals surface area contributed by atoms with E-state index in [1.165, 1.54) is 96.3 Å². The molecule has 2 N–H and O–H groups in total. The second-order valence-electron chi connectivity index (χ2n) is 11.4. The molecule has 6 heteroatoms. The van der Waals surface area contributed by atoms with Crippen molar-refractivity contribution in [2.75, 3.05) is 27.7 Å². The van der Waals surface area contributed by atoms with E-state index in [4.69, 9.17) is 4.52 Å². The highest BCUT2D eigenvalue weighted by molar-refractivity contribution is 7.46. The minimum Gasteiger partial charge on any atom is -0.329 e. The van der Waals surface area contributed by atoms with E-state index in [9.17, 15) is 14.4 Å². The molecule has 31 heavy (non-hydrogen) atoms. The van der Waals surface area contributed by atoms with Crippen molar-refractivity contribution in [3.8, 4) is 0 Å². The highest BCUT2D eigenvalue weighted by Crippen LogP contribution is 2.43. The van der Waals surface area contributed by atoms with Crippen LogP contribution in [0.15, 0.2) is 0 Å². The molecule has 0 amide bonds. The molecule has 0 aliphatic heterocycles. The zero-order valence-corrected chi connectivity index (χ0v) is 22.0. The first-order chi connectivity index (χ1) is 14.5. The fourth-order valence-electron chi connectivity index (χ4n) is 5.44. The maximum atomic E-state index is 11.4. The van der Waals surface area contributed by atoms with Gasteiger partial charge in [0, 0.05) is 0 Å². The van der Waals surface area contributed by atoms with Gasteiger partial charge in [0.15, 0.2) is 0 Å². The maximum Gasteiger partial charge on any atom is 0.470 e. The third-order valence-corrected chi connectivity index (χ3v) is 7.37. The average molecular weight is 463 g/mol. The van der Waals surface area contributed by atoms with Crippen molar-refractivity contribution in [1.82, 2.24) is 0 Å². The minimum absolute atomic E-state index is 0.582. The Labute approximate surface area is 193 Å². The first-order valence-electron chi connectivity index (χ1n) is 13.1. The van der Waals surface area contributed by atoms with Crippen LogP contribution >= 0.6 is 7.82 Å². The monoisotopic (exact) mass is 462 g/mol. The van der Waals surface area contributed by atoms with E-state index in [0.29, 0.717) is 17.4 Å². The number of rotatable bonds is 19. The Morgan fingerprint density at radius 3 is 1.65 bits per heavy atom. The molecule has 0 saturated heterocycles. The van der Waals surface area contributed by atoms with Gasteiger partial charge in [-0.25, -0.2) is 4.57 Å². The summed E-state index contributed by atoms with van der Waals surface area (Å²) in [5, 5.41) is 0. The lowest BCUT2D eigenvalue weighted by Gasteiger charge is -2.36. The molecule has 1 fully saturated rings. The van der Waals surface area contributed by atoms with E-state index in [1.54, 1.807) is 0 Å². The van der Waals surface area contributed by atoms with Gasteiger partial charge in [-0.3, -0.25) is 4.52 Å². The van der Waals surface area contributed by atoms with E-state index < -0.39 is 13.4 Å². The first-order valence-corrected chi connectivity index (χ1v) is 14.6. The molecular weight excluding hydrogens is 409 g/mol. The van der Waals surface area contributed by atoms with Gasteiger partial charge in [0.25, 0.3) is 0 Å². The average Bonchev–Trinajstić information content (AvgIpc) is 3.12. The minimum atomic E-state index is -4.48. The van der Waals surface area contributed by atoms with Gasteiger partial charge in [0.1, 0.15) is 12.1 Å². The standard InChI is InChI=1S/C25H52NO4P/c1-25(23-26(2,3)4,30-31(27,28)29)22-18-14-12-10-8-6-5-7-9-11-13-15-19-24-20-16-17-21-24/h24H,5-23H2,1-4H3,(H-,27,28,29)/p+1. The normalized spacial score (nSPS) is 17.9. The molecule has 186 valence electrons. The van der Waals surface area contributed by atoms with E-state index in [1.807, 2.05) is 28.1 Å². The summed E-state index contributed by atoms with van der Waals surface area (Å²) in [5.41, 5.74) is -0.783. The van der Waals surface area contributed by atoms with Gasteiger partial charge in [-0.2, -0.15) is 0 Å². The number of phosphoric acid groups is 1. The van der Waals surface area contributed by atoms with E-state index in [0.717, 1.165) is 18.8 Å². The second-order valence-corrected chi connectivity index (χ2v) is 12.6. The van der Waals surface area contributed by atoms with Gasteiger partial charge in [-0.15, -0.1) is 0 Å². The molecular formula is C25H53NO4P+. The molecule has 0 radical (unpaired) electrons. The summed E-state index contributed by atoms with van der Waals surface area (Å²) in [4.78, 5) is 18.6. The number of phosphoric ester groups is 1. The number of hydrogen-bond donors (Lipinski definition) is 2. The Morgan fingerprint density at radius 1 is 0.806 bits per heavy atom. The van der Waals surface area contributed by atoms with Crippen LogP contribution in [0, 0.1) is 5.92 Å². The summed E-state index contributed by atoms with van der Waals surface area (Å²) >= 11 is 0. The number of quaternary nitrogens is 1. The van der Waals surface area contributed by atoms with Gasteiger partial charge in [0.05, 0.1) is 21.1 Å². The van der Waals surface area contributed by atoms with Crippen molar-refractivity contribution in [1.29, 1.82) is 0 Å². The van der Waals surface area contributed by atoms with Gasteiger partial charge >= 0.3 is 7.82 Å². The van der Waals surface area contributed by atoms with E-state index in [2.05, 4.69) is 0 Å². The number of likely N-dealkylation sites (N-methyl/N-ethyl adjacent to an activating group) is 1. The van der Waals surface area contributed by atoms with Crippen molar-refractivity contribution in [3.63, 3.8) is 0 Å².